The summed E-state index contributed by atoms with van der Waals surface area (Å²) in [5, 5.41) is 12.1. The molecule has 0 radical (unpaired) electrons. The molecule has 0 aliphatic carbocycles. The van der Waals surface area contributed by atoms with Gasteiger partial charge in [0.05, 0.1) is 5.69 Å². The van der Waals surface area contributed by atoms with Crippen LogP contribution in [-0.2, 0) is 0 Å². The van der Waals surface area contributed by atoms with Crippen LogP contribution in [0.2, 0.25) is 0 Å². The second-order valence-corrected chi connectivity index (χ2v) is 5.22. The van der Waals surface area contributed by atoms with Crippen molar-refractivity contribution in [2.75, 3.05) is 0 Å². The molecule has 0 bridgehead atoms. The summed E-state index contributed by atoms with van der Waals surface area (Å²) < 4.78 is 0. The van der Waals surface area contributed by atoms with Gasteiger partial charge in [0.25, 0.3) is 0 Å². The Morgan fingerprint density at radius 3 is 2.50 bits per heavy atom. The van der Waals surface area contributed by atoms with Gasteiger partial charge in [0, 0.05) is 33.6 Å². The molecular formula is C19H14N2O. The Morgan fingerprint density at radius 1 is 0.818 bits per heavy atom. The van der Waals surface area contributed by atoms with Crippen LogP contribution < -0.4 is 0 Å². The van der Waals surface area contributed by atoms with Crippen molar-refractivity contribution in [3.8, 4) is 5.75 Å². The summed E-state index contributed by atoms with van der Waals surface area (Å²) in [6, 6.07) is 21.5. The maximum Gasteiger partial charge on any atom is 0.124 e. The average Bonchev–Trinajstić information content (AvgIpc) is 2.92. The number of nitrogens with zero attached hydrogens (tertiary/aromatic N) is 1. The van der Waals surface area contributed by atoms with Crippen LogP contribution in [-0.4, -0.2) is 16.3 Å². The zero-order chi connectivity index (χ0) is 14.9. The van der Waals surface area contributed by atoms with E-state index in [0.717, 1.165) is 22.1 Å². The molecule has 2 N–H and O–H groups in total. The Bertz CT molecular complexity index is 999. The van der Waals surface area contributed by atoms with Gasteiger partial charge in [0.15, 0.2) is 0 Å². The van der Waals surface area contributed by atoms with Crippen molar-refractivity contribution in [3.63, 3.8) is 0 Å². The fraction of sp³-hybridized carbons (Fsp3) is 0. The lowest BCUT2D eigenvalue weighted by molar-refractivity contribution is 0.474. The van der Waals surface area contributed by atoms with Gasteiger partial charge in [0.1, 0.15) is 5.75 Å². The Labute approximate surface area is 127 Å². The molecule has 0 amide bonds. The summed E-state index contributed by atoms with van der Waals surface area (Å²) in [6.07, 6.45) is 1.69. The van der Waals surface area contributed by atoms with E-state index in [9.17, 15) is 5.11 Å². The minimum absolute atomic E-state index is 0.236. The molecule has 0 fully saturated rings. The summed E-state index contributed by atoms with van der Waals surface area (Å²) in [4.78, 5) is 7.87. The first-order valence-electron chi connectivity index (χ1n) is 7.14. The molecule has 3 heteroatoms. The maximum absolute atomic E-state index is 9.77. The van der Waals surface area contributed by atoms with Gasteiger partial charge in [-0.1, -0.05) is 30.3 Å². The van der Waals surface area contributed by atoms with Crippen LogP contribution >= 0.6 is 0 Å². The van der Waals surface area contributed by atoms with Crippen LogP contribution in [0.5, 0.6) is 5.75 Å². The van der Waals surface area contributed by atoms with E-state index in [0.29, 0.717) is 5.56 Å². The number of para-hydroxylation sites is 2. The zero-order valence-corrected chi connectivity index (χ0v) is 11.8. The molecule has 0 aliphatic rings. The van der Waals surface area contributed by atoms with Gasteiger partial charge >= 0.3 is 0 Å². The number of nitrogens with one attached hydrogen (secondary N) is 1. The monoisotopic (exact) mass is 286 g/mol. The quantitative estimate of drug-likeness (QED) is 0.512. The number of H-pyrrole nitrogens is 1. The highest BCUT2D eigenvalue weighted by Crippen LogP contribution is 2.28. The number of rotatable bonds is 2. The van der Waals surface area contributed by atoms with Gasteiger partial charge in [-0.25, -0.2) is 0 Å². The average molecular weight is 286 g/mol. The minimum atomic E-state index is 0.236. The van der Waals surface area contributed by atoms with Crippen molar-refractivity contribution >= 4 is 33.7 Å². The number of aromatic hydroxyl groups is 1. The number of hydrogen-bond acceptors (Lipinski definition) is 2. The van der Waals surface area contributed by atoms with E-state index in [1.807, 2.05) is 36.4 Å². The van der Waals surface area contributed by atoms with E-state index in [1.54, 1.807) is 18.3 Å². The van der Waals surface area contributed by atoms with E-state index in [2.05, 4.69) is 28.2 Å². The SMILES string of the molecule is Oc1ccccc1C=Nc1ccc2[nH]c3ccccc3c2c1. The van der Waals surface area contributed by atoms with Gasteiger partial charge in [-0.2, -0.15) is 0 Å². The number of phenols is 1. The Morgan fingerprint density at radius 2 is 1.59 bits per heavy atom. The highest BCUT2D eigenvalue weighted by molar-refractivity contribution is 6.08. The molecule has 0 saturated heterocycles. The lowest BCUT2D eigenvalue weighted by Gasteiger charge is -1.98. The Balaban J connectivity index is 1.79. The van der Waals surface area contributed by atoms with Crippen molar-refractivity contribution in [1.82, 2.24) is 4.98 Å². The topological polar surface area (TPSA) is 48.4 Å². The summed E-state index contributed by atoms with van der Waals surface area (Å²) >= 11 is 0. The third-order valence-electron chi connectivity index (χ3n) is 3.78. The maximum atomic E-state index is 9.77. The van der Waals surface area contributed by atoms with Gasteiger partial charge in [-0.15, -0.1) is 0 Å². The number of aliphatic imine (C=N–C) groups is 1. The largest absolute Gasteiger partial charge is 0.507 e. The van der Waals surface area contributed by atoms with Crippen LogP contribution in [0.1, 0.15) is 5.56 Å². The van der Waals surface area contributed by atoms with Gasteiger partial charge in [0.2, 0.25) is 0 Å². The van der Waals surface area contributed by atoms with Crippen molar-refractivity contribution in [2.45, 2.75) is 0 Å². The molecule has 0 unspecified atom stereocenters. The zero-order valence-electron chi connectivity index (χ0n) is 11.8. The third-order valence-corrected chi connectivity index (χ3v) is 3.78. The molecular weight excluding hydrogens is 272 g/mol. The number of fused-ring (bicyclic) bond motifs is 3. The van der Waals surface area contributed by atoms with E-state index in [-0.39, 0.29) is 5.75 Å². The number of hydrogen-bond donors (Lipinski definition) is 2. The van der Waals surface area contributed by atoms with Crippen LogP contribution in [0.3, 0.4) is 0 Å². The first kappa shape index (κ1) is 12.7. The Hall–Kier alpha value is -3.07. The second kappa shape index (κ2) is 5.04. The Kier molecular flexibility index (Phi) is 2.90. The molecule has 106 valence electrons. The number of benzene rings is 3. The van der Waals surface area contributed by atoms with Gasteiger partial charge in [-0.05, 0) is 36.4 Å². The molecule has 22 heavy (non-hydrogen) atoms. The molecule has 0 aliphatic heterocycles. The lowest BCUT2D eigenvalue weighted by Crippen LogP contribution is -1.80. The van der Waals surface area contributed by atoms with Crippen LogP contribution in [0.15, 0.2) is 71.7 Å². The number of aromatic amines is 1. The molecule has 0 atom stereocenters. The van der Waals surface area contributed by atoms with E-state index < -0.39 is 0 Å². The predicted molar refractivity (Wildman–Crippen MR) is 91.2 cm³/mol. The molecule has 3 aromatic carbocycles. The van der Waals surface area contributed by atoms with Gasteiger partial charge < -0.3 is 10.1 Å². The first-order valence-corrected chi connectivity index (χ1v) is 7.14. The molecule has 1 heterocycles. The number of aromatic nitrogens is 1. The summed E-state index contributed by atoms with van der Waals surface area (Å²) in [7, 11) is 0. The standard InChI is InChI=1S/C19H14N2O/c22-19-8-4-1-5-13(19)12-20-14-9-10-18-16(11-14)15-6-2-3-7-17(15)21-18/h1-12,21-22H. The van der Waals surface area contributed by atoms with Crippen molar-refractivity contribution in [3.05, 3.63) is 72.3 Å². The molecule has 4 aromatic rings. The summed E-state index contributed by atoms with van der Waals surface area (Å²) in [5.41, 5.74) is 3.80. The summed E-state index contributed by atoms with van der Waals surface area (Å²) in [5.74, 6) is 0.236. The van der Waals surface area contributed by atoms with Crippen molar-refractivity contribution < 1.29 is 5.11 Å². The molecule has 0 saturated carbocycles. The van der Waals surface area contributed by atoms with Crippen LogP contribution in [0, 0.1) is 0 Å². The number of phenolic OH excluding ortho intramolecular Hbond substituents is 1. The molecule has 3 nitrogen and oxygen atoms in total. The smallest absolute Gasteiger partial charge is 0.124 e. The van der Waals surface area contributed by atoms with E-state index >= 15 is 0 Å². The van der Waals surface area contributed by atoms with Crippen LogP contribution in [0.4, 0.5) is 5.69 Å². The fourth-order valence-electron chi connectivity index (χ4n) is 2.66. The molecule has 4 rings (SSSR count). The highest BCUT2D eigenvalue weighted by Gasteiger charge is 2.04. The van der Waals surface area contributed by atoms with Crippen molar-refractivity contribution in [2.24, 2.45) is 4.99 Å². The normalized spacial score (nSPS) is 11.6. The van der Waals surface area contributed by atoms with Crippen LogP contribution in [0.25, 0.3) is 21.8 Å². The summed E-state index contributed by atoms with van der Waals surface area (Å²) in [6.45, 7) is 0. The molecule has 0 spiro atoms. The first-order chi connectivity index (χ1) is 10.8. The van der Waals surface area contributed by atoms with E-state index in [1.165, 1.54) is 5.39 Å². The lowest BCUT2D eigenvalue weighted by atomic mass is 10.1. The van der Waals surface area contributed by atoms with Gasteiger partial charge in [-0.3, -0.25) is 4.99 Å². The third kappa shape index (κ3) is 2.13. The molecule has 1 aromatic heterocycles. The van der Waals surface area contributed by atoms with Crippen molar-refractivity contribution in [1.29, 1.82) is 0 Å². The predicted octanol–water partition coefficient (Wildman–Crippen LogP) is 4.78. The highest BCUT2D eigenvalue weighted by atomic mass is 16.3. The minimum Gasteiger partial charge on any atom is -0.507 e. The fourth-order valence-corrected chi connectivity index (χ4v) is 2.66. The second-order valence-electron chi connectivity index (χ2n) is 5.22. The van der Waals surface area contributed by atoms with E-state index in [4.69, 9.17) is 0 Å².